The Morgan fingerprint density at radius 1 is 1.16 bits per heavy atom. The Balaban J connectivity index is 2.49. The van der Waals surface area contributed by atoms with E-state index in [0.29, 0.717) is 0 Å². The van der Waals surface area contributed by atoms with E-state index in [0.717, 1.165) is 24.8 Å². The maximum Gasteiger partial charge on any atom is 0.0920 e. The Hall–Kier alpha value is -0.240. The van der Waals surface area contributed by atoms with Gasteiger partial charge in [-0.2, -0.15) is 5.10 Å². The van der Waals surface area contributed by atoms with Crippen molar-refractivity contribution < 1.29 is 0 Å². The van der Waals surface area contributed by atoms with Crippen molar-refractivity contribution in [3.8, 4) is 0 Å². The van der Waals surface area contributed by atoms with Gasteiger partial charge in [0.25, 0.3) is 0 Å². The van der Waals surface area contributed by atoms with Gasteiger partial charge in [0.05, 0.1) is 28.1 Å². The summed E-state index contributed by atoms with van der Waals surface area (Å²) in [6, 6.07) is 1.83. The Kier molecular flexibility index (Phi) is 4.81. The van der Waals surface area contributed by atoms with E-state index < -0.39 is 0 Å². The lowest BCUT2D eigenvalue weighted by molar-refractivity contribution is 0.496. The summed E-state index contributed by atoms with van der Waals surface area (Å²) in [7, 11) is 0. The fraction of sp³-hybridized carbons (Fsp3) is 0.333. The number of halogens is 3. The molecule has 2 rings (SSSR count). The molecular formula is C12H13Br3N4. The summed E-state index contributed by atoms with van der Waals surface area (Å²) < 4.78 is 4.58. The molecule has 2 aromatic rings. The van der Waals surface area contributed by atoms with Gasteiger partial charge in [-0.1, -0.05) is 0 Å². The maximum atomic E-state index is 6.35. The number of aromatic nitrogens is 3. The highest BCUT2D eigenvalue weighted by molar-refractivity contribution is 9.11. The van der Waals surface area contributed by atoms with Gasteiger partial charge in [0.15, 0.2) is 0 Å². The van der Waals surface area contributed by atoms with Crippen LogP contribution in [0.25, 0.3) is 0 Å². The third kappa shape index (κ3) is 3.09. The van der Waals surface area contributed by atoms with E-state index in [1.54, 1.807) is 12.4 Å². The normalized spacial score (nSPS) is 13.0. The van der Waals surface area contributed by atoms with E-state index in [4.69, 9.17) is 5.73 Å². The minimum absolute atomic E-state index is 0.238. The van der Waals surface area contributed by atoms with E-state index in [9.17, 15) is 0 Å². The van der Waals surface area contributed by atoms with Crippen LogP contribution < -0.4 is 5.73 Å². The lowest BCUT2D eigenvalue weighted by Crippen LogP contribution is -2.20. The van der Waals surface area contributed by atoms with Crippen molar-refractivity contribution in [3.05, 3.63) is 43.3 Å². The first-order chi connectivity index (χ1) is 8.91. The molecule has 0 spiro atoms. The molecule has 0 aliphatic rings. The molecule has 0 aromatic carbocycles. The van der Waals surface area contributed by atoms with E-state index >= 15 is 0 Å². The molecular weight excluding hydrogens is 440 g/mol. The fourth-order valence-corrected chi connectivity index (χ4v) is 3.59. The third-order valence-electron chi connectivity index (χ3n) is 2.70. The summed E-state index contributed by atoms with van der Waals surface area (Å²) in [6.07, 6.45) is 3.51. The average molecular weight is 453 g/mol. The first-order valence-electron chi connectivity index (χ1n) is 5.71. The zero-order valence-corrected chi connectivity index (χ0v) is 15.2. The van der Waals surface area contributed by atoms with Crippen molar-refractivity contribution in [2.24, 2.45) is 5.73 Å². The van der Waals surface area contributed by atoms with Gasteiger partial charge in [-0.15, -0.1) is 0 Å². The van der Waals surface area contributed by atoms with Crippen LogP contribution in [0.4, 0.5) is 0 Å². The maximum absolute atomic E-state index is 6.35. The smallest absolute Gasteiger partial charge is 0.0920 e. The number of pyridine rings is 1. The third-order valence-corrected chi connectivity index (χ3v) is 4.38. The molecule has 0 saturated carbocycles. The van der Waals surface area contributed by atoms with Gasteiger partial charge in [-0.25, -0.2) is 0 Å². The van der Waals surface area contributed by atoms with Crippen molar-refractivity contribution >= 4 is 47.8 Å². The zero-order chi connectivity index (χ0) is 14.2. The minimum Gasteiger partial charge on any atom is -0.318 e. The highest BCUT2D eigenvalue weighted by Gasteiger charge is 2.22. The molecule has 0 saturated heterocycles. The molecule has 2 aromatic heterocycles. The van der Waals surface area contributed by atoms with E-state index in [-0.39, 0.29) is 12.1 Å². The van der Waals surface area contributed by atoms with Gasteiger partial charge in [-0.05, 0) is 67.7 Å². The number of rotatable bonds is 3. The summed E-state index contributed by atoms with van der Waals surface area (Å²) in [6.45, 7) is 4.14. The summed E-state index contributed by atoms with van der Waals surface area (Å²) >= 11 is 10.4. The lowest BCUT2D eigenvalue weighted by Gasteiger charge is -2.18. The predicted molar refractivity (Wildman–Crippen MR) is 86.0 cm³/mol. The van der Waals surface area contributed by atoms with Crippen molar-refractivity contribution in [2.45, 2.75) is 25.9 Å². The van der Waals surface area contributed by atoms with Crippen LogP contribution in [0, 0.1) is 0 Å². The molecule has 102 valence electrons. The van der Waals surface area contributed by atoms with Crippen LogP contribution in [-0.2, 0) is 0 Å². The fourth-order valence-electron chi connectivity index (χ4n) is 1.84. The molecule has 0 aliphatic heterocycles. The van der Waals surface area contributed by atoms with Crippen LogP contribution >= 0.6 is 47.8 Å². The Labute approximate surface area is 137 Å². The number of hydrogen-bond donors (Lipinski definition) is 1. The number of hydrogen-bond acceptors (Lipinski definition) is 3. The summed E-state index contributed by atoms with van der Waals surface area (Å²) in [5.74, 6) is 0. The molecule has 2 N–H and O–H groups in total. The second-order valence-corrected chi connectivity index (χ2v) is 7.04. The molecule has 19 heavy (non-hydrogen) atoms. The second kappa shape index (κ2) is 6.03. The second-order valence-electron chi connectivity index (χ2n) is 4.41. The Morgan fingerprint density at radius 3 is 2.42 bits per heavy atom. The molecule has 4 nitrogen and oxygen atoms in total. The van der Waals surface area contributed by atoms with E-state index in [1.165, 1.54) is 0 Å². The molecule has 0 fully saturated rings. The zero-order valence-electron chi connectivity index (χ0n) is 10.4. The molecule has 1 atom stereocenters. The van der Waals surface area contributed by atoms with Crippen LogP contribution in [-0.4, -0.2) is 14.8 Å². The van der Waals surface area contributed by atoms with Gasteiger partial charge < -0.3 is 5.73 Å². The lowest BCUT2D eigenvalue weighted by atomic mass is 10.1. The molecule has 0 bridgehead atoms. The first-order valence-corrected chi connectivity index (χ1v) is 8.09. The SMILES string of the molecule is CC(C)n1ncc(Br)c1C(N)c1ncc(Br)cc1Br. The van der Waals surface area contributed by atoms with E-state index in [2.05, 4.69) is 71.7 Å². The standard InChI is InChI=1S/C12H13Br3N4/c1-6(2)19-12(9(15)5-18-19)10(16)11-8(14)3-7(13)4-17-11/h3-6,10H,16H2,1-2H3. The molecule has 0 radical (unpaired) electrons. The van der Waals surface area contributed by atoms with Crippen molar-refractivity contribution in [3.63, 3.8) is 0 Å². The Morgan fingerprint density at radius 2 is 1.84 bits per heavy atom. The topological polar surface area (TPSA) is 56.7 Å². The minimum atomic E-state index is -0.346. The largest absolute Gasteiger partial charge is 0.318 e. The van der Waals surface area contributed by atoms with Crippen LogP contribution in [0.1, 0.15) is 37.3 Å². The van der Waals surface area contributed by atoms with Gasteiger partial charge in [-0.3, -0.25) is 9.67 Å². The monoisotopic (exact) mass is 450 g/mol. The summed E-state index contributed by atoms with van der Waals surface area (Å²) in [5.41, 5.74) is 8.06. The van der Waals surface area contributed by atoms with Gasteiger partial charge >= 0.3 is 0 Å². The molecule has 1 unspecified atom stereocenters. The van der Waals surface area contributed by atoms with Crippen LogP contribution in [0.15, 0.2) is 31.9 Å². The van der Waals surface area contributed by atoms with Crippen LogP contribution in [0.3, 0.4) is 0 Å². The molecule has 0 amide bonds. The quantitative estimate of drug-likeness (QED) is 0.759. The number of nitrogens with zero attached hydrogens (tertiary/aromatic N) is 3. The van der Waals surface area contributed by atoms with Crippen LogP contribution in [0.2, 0.25) is 0 Å². The molecule has 7 heteroatoms. The number of nitrogens with two attached hydrogens (primary N) is 1. The molecule has 2 heterocycles. The van der Waals surface area contributed by atoms with Gasteiger partial charge in [0.2, 0.25) is 0 Å². The average Bonchev–Trinajstić information content (AvgIpc) is 2.70. The Bertz CT molecular complexity index is 595. The van der Waals surface area contributed by atoms with Crippen molar-refractivity contribution in [2.75, 3.05) is 0 Å². The van der Waals surface area contributed by atoms with Gasteiger partial charge in [0.1, 0.15) is 0 Å². The van der Waals surface area contributed by atoms with Crippen molar-refractivity contribution in [1.82, 2.24) is 14.8 Å². The van der Waals surface area contributed by atoms with E-state index in [1.807, 2.05) is 10.7 Å². The van der Waals surface area contributed by atoms with Gasteiger partial charge in [0, 0.05) is 21.2 Å². The predicted octanol–water partition coefficient (Wildman–Crippen LogP) is 4.19. The summed E-state index contributed by atoms with van der Waals surface area (Å²) in [5, 5.41) is 4.35. The highest BCUT2D eigenvalue weighted by atomic mass is 79.9. The van der Waals surface area contributed by atoms with Crippen LogP contribution in [0.5, 0.6) is 0 Å². The van der Waals surface area contributed by atoms with Crippen molar-refractivity contribution in [1.29, 1.82) is 0 Å². The molecule has 0 aliphatic carbocycles. The summed E-state index contributed by atoms with van der Waals surface area (Å²) in [4.78, 5) is 4.39. The highest BCUT2D eigenvalue weighted by Crippen LogP contribution is 2.32. The first kappa shape index (κ1) is 15.2.